The van der Waals surface area contributed by atoms with Gasteiger partial charge in [-0.1, -0.05) is 19.1 Å². The number of hydrogen-bond donors (Lipinski definition) is 0. The molecular formula is C10H10F3. The number of benzene rings is 1. The van der Waals surface area contributed by atoms with Crippen molar-refractivity contribution in [2.45, 2.75) is 19.0 Å². The lowest BCUT2D eigenvalue weighted by Crippen LogP contribution is -2.04. The van der Waals surface area contributed by atoms with Gasteiger partial charge in [-0.3, -0.25) is 0 Å². The van der Waals surface area contributed by atoms with Gasteiger partial charge in [-0.2, -0.15) is 13.2 Å². The monoisotopic (exact) mass is 187 g/mol. The molecule has 0 amide bonds. The molecule has 0 aliphatic heterocycles. The molecule has 0 aliphatic rings. The summed E-state index contributed by atoms with van der Waals surface area (Å²) >= 11 is 0. The Hall–Kier alpha value is -0.990. The van der Waals surface area contributed by atoms with E-state index in [2.05, 4.69) is 6.92 Å². The summed E-state index contributed by atoms with van der Waals surface area (Å²) in [5, 5.41) is 0. The SMILES string of the molecule is [CH2]C(C)c1ccc(C(F)(F)F)cc1. The molecule has 71 valence electrons. The largest absolute Gasteiger partial charge is 0.416 e. The topological polar surface area (TPSA) is 0 Å². The van der Waals surface area contributed by atoms with E-state index in [1.54, 1.807) is 0 Å². The molecule has 0 bridgehead atoms. The summed E-state index contributed by atoms with van der Waals surface area (Å²) < 4.78 is 36.3. The second-order valence-corrected chi connectivity index (χ2v) is 3.02. The molecule has 0 aromatic heterocycles. The van der Waals surface area contributed by atoms with Gasteiger partial charge in [0.25, 0.3) is 0 Å². The smallest absolute Gasteiger partial charge is 0.166 e. The first kappa shape index (κ1) is 10.1. The van der Waals surface area contributed by atoms with E-state index in [0.717, 1.165) is 17.7 Å². The van der Waals surface area contributed by atoms with E-state index >= 15 is 0 Å². The zero-order valence-electron chi connectivity index (χ0n) is 7.23. The van der Waals surface area contributed by atoms with Crippen LogP contribution in [0.25, 0.3) is 0 Å². The minimum atomic E-state index is -4.25. The molecule has 0 nitrogen and oxygen atoms in total. The van der Waals surface area contributed by atoms with Crippen molar-refractivity contribution in [3.8, 4) is 0 Å². The van der Waals surface area contributed by atoms with Crippen LogP contribution in [-0.2, 0) is 6.18 Å². The summed E-state index contributed by atoms with van der Waals surface area (Å²) in [7, 11) is 0. The van der Waals surface area contributed by atoms with Crippen molar-refractivity contribution in [1.82, 2.24) is 0 Å². The van der Waals surface area contributed by atoms with Gasteiger partial charge in [-0.05, 0) is 30.5 Å². The highest BCUT2D eigenvalue weighted by Crippen LogP contribution is 2.29. The Morgan fingerprint density at radius 1 is 1.15 bits per heavy atom. The van der Waals surface area contributed by atoms with Crippen molar-refractivity contribution in [2.24, 2.45) is 0 Å². The predicted molar refractivity (Wildman–Crippen MR) is 45.2 cm³/mol. The van der Waals surface area contributed by atoms with Crippen molar-refractivity contribution in [1.29, 1.82) is 0 Å². The van der Waals surface area contributed by atoms with Crippen molar-refractivity contribution < 1.29 is 13.2 Å². The number of halogens is 3. The maximum atomic E-state index is 12.1. The zero-order valence-corrected chi connectivity index (χ0v) is 7.23. The van der Waals surface area contributed by atoms with Crippen molar-refractivity contribution >= 4 is 0 Å². The molecule has 1 aromatic carbocycles. The molecule has 0 saturated carbocycles. The molecule has 0 saturated heterocycles. The Morgan fingerprint density at radius 3 is 1.92 bits per heavy atom. The van der Waals surface area contributed by atoms with Crippen LogP contribution < -0.4 is 0 Å². The van der Waals surface area contributed by atoms with Crippen LogP contribution in [0.3, 0.4) is 0 Å². The second kappa shape index (κ2) is 3.40. The van der Waals surface area contributed by atoms with E-state index in [9.17, 15) is 13.2 Å². The molecule has 1 rings (SSSR count). The van der Waals surface area contributed by atoms with Crippen molar-refractivity contribution in [3.63, 3.8) is 0 Å². The third-order valence-electron chi connectivity index (χ3n) is 1.81. The van der Waals surface area contributed by atoms with Crippen molar-refractivity contribution in [2.75, 3.05) is 0 Å². The first-order valence-corrected chi connectivity index (χ1v) is 3.91. The lowest BCUT2D eigenvalue weighted by molar-refractivity contribution is -0.137. The number of rotatable bonds is 1. The summed E-state index contributed by atoms with van der Waals surface area (Å²) in [6.45, 7) is 5.56. The van der Waals surface area contributed by atoms with Crippen molar-refractivity contribution in [3.05, 3.63) is 42.3 Å². The van der Waals surface area contributed by atoms with Gasteiger partial charge in [0.05, 0.1) is 5.56 Å². The number of alkyl halides is 3. The van der Waals surface area contributed by atoms with E-state index in [1.165, 1.54) is 12.1 Å². The number of hydrogen-bond acceptors (Lipinski definition) is 0. The molecule has 13 heavy (non-hydrogen) atoms. The summed E-state index contributed by atoms with van der Waals surface area (Å²) in [4.78, 5) is 0. The molecule has 0 heterocycles. The van der Waals surface area contributed by atoms with Crippen LogP contribution in [0, 0.1) is 6.92 Å². The molecule has 0 N–H and O–H groups in total. The molecule has 1 radical (unpaired) electrons. The standard InChI is InChI=1S/C10H10F3/c1-7(2)8-3-5-9(6-4-8)10(11,12)13/h3-7H,1H2,2H3. The normalized spacial score (nSPS) is 12.2. The lowest BCUT2D eigenvalue weighted by Gasteiger charge is -2.08. The van der Waals surface area contributed by atoms with E-state index < -0.39 is 11.7 Å². The second-order valence-electron chi connectivity index (χ2n) is 3.02. The Morgan fingerprint density at radius 2 is 1.62 bits per heavy atom. The van der Waals surface area contributed by atoms with Gasteiger partial charge >= 0.3 is 6.18 Å². The maximum Gasteiger partial charge on any atom is 0.416 e. The van der Waals surface area contributed by atoms with E-state index in [0.29, 0.717) is 0 Å². The first-order valence-electron chi connectivity index (χ1n) is 3.91. The summed E-state index contributed by atoms with van der Waals surface area (Å²) in [5.41, 5.74) is 0.199. The molecule has 0 aliphatic carbocycles. The van der Waals surface area contributed by atoms with Crippen LogP contribution in [0.1, 0.15) is 24.0 Å². The molecule has 1 unspecified atom stereocenters. The van der Waals surface area contributed by atoms with Gasteiger partial charge in [0.2, 0.25) is 0 Å². The van der Waals surface area contributed by atoms with Crippen LogP contribution in [0.2, 0.25) is 0 Å². The molecule has 1 aromatic rings. The average Bonchev–Trinajstić information content (AvgIpc) is 2.03. The van der Waals surface area contributed by atoms with Crippen LogP contribution >= 0.6 is 0 Å². The Labute approximate surface area is 75.4 Å². The highest BCUT2D eigenvalue weighted by atomic mass is 19.4. The fraction of sp³-hybridized carbons (Fsp3) is 0.300. The third-order valence-corrected chi connectivity index (χ3v) is 1.81. The van der Waals surface area contributed by atoms with Gasteiger partial charge in [-0.25, -0.2) is 0 Å². The lowest BCUT2D eigenvalue weighted by atomic mass is 10.0. The minimum Gasteiger partial charge on any atom is -0.166 e. The van der Waals surface area contributed by atoms with E-state index in [1.807, 2.05) is 6.92 Å². The van der Waals surface area contributed by atoms with Gasteiger partial charge in [0.1, 0.15) is 0 Å². The van der Waals surface area contributed by atoms with Gasteiger partial charge in [0.15, 0.2) is 0 Å². The first-order chi connectivity index (χ1) is 5.91. The van der Waals surface area contributed by atoms with E-state index in [4.69, 9.17) is 0 Å². The average molecular weight is 187 g/mol. The predicted octanol–water partition coefficient (Wildman–Crippen LogP) is 3.64. The fourth-order valence-corrected chi connectivity index (χ4v) is 1.00. The molecule has 0 fully saturated rings. The quantitative estimate of drug-likeness (QED) is 0.629. The fourth-order valence-electron chi connectivity index (χ4n) is 1.00. The van der Waals surface area contributed by atoms with Crippen LogP contribution in [-0.4, -0.2) is 0 Å². The Bertz CT molecular complexity index is 269. The zero-order chi connectivity index (χ0) is 10.1. The van der Waals surface area contributed by atoms with Gasteiger partial charge < -0.3 is 0 Å². The molecule has 1 atom stereocenters. The highest BCUT2D eigenvalue weighted by Gasteiger charge is 2.29. The van der Waals surface area contributed by atoms with Crippen LogP contribution in [0.4, 0.5) is 13.2 Å². The van der Waals surface area contributed by atoms with Crippen LogP contribution in [0.15, 0.2) is 24.3 Å². The summed E-state index contributed by atoms with van der Waals surface area (Å²) in [6, 6.07) is 5.08. The third kappa shape index (κ3) is 2.47. The molecular weight excluding hydrogens is 177 g/mol. The maximum absolute atomic E-state index is 12.1. The molecule has 3 heteroatoms. The highest BCUT2D eigenvalue weighted by molar-refractivity contribution is 5.27. The molecule has 0 spiro atoms. The summed E-state index contributed by atoms with van der Waals surface area (Å²) in [6.07, 6.45) is -4.25. The van der Waals surface area contributed by atoms with E-state index in [-0.39, 0.29) is 5.92 Å². The van der Waals surface area contributed by atoms with Gasteiger partial charge in [0, 0.05) is 0 Å². The van der Waals surface area contributed by atoms with Gasteiger partial charge in [-0.15, -0.1) is 0 Å². The van der Waals surface area contributed by atoms with Crippen LogP contribution in [0.5, 0.6) is 0 Å². The Balaban J connectivity index is 2.94. The Kier molecular flexibility index (Phi) is 2.64. The minimum absolute atomic E-state index is 0.0160. The summed E-state index contributed by atoms with van der Waals surface area (Å²) in [5.74, 6) is 0.0160.